The zero-order chi connectivity index (χ0) is 15.0. The SMILES string of the molecule is Cc1cc(-c2nc(C3(N)CCCC(C)C3)no2)ccc1F. The first kappa shape index (κ1) is 14.2. The molecule has 1 aromatic heterocycles. The first-order valence-electron chi connectivity index (χ1n) is 7.37. The van der Waals surface area contributed by atoms with E-state index in [1.165, 1.54) is 12.5 Å². The highest BCUT2D eigenvalue weighted by atomic mass is 19.1. The number of rotatable bonds is 2. The van der Waals surface area contributed by atoms with Crippen molar-refractivity contribution >= 4 is 0 Å². The van der Waals surface area contributed by atoms with Crippen molar-refractivity contribution in [3.05, 3.63) is 35.4 Å². The van der Waals surface area contributed by atoms with E-state index in [1.807, 2.05) is 0 Å². The summed E-state index contributed by atoms with van der Waals surface area (Å²) in [4.78, 5) is 4.46. The molecule has 112 valence electrons. The highest BCUT2D eigenvalue weighted by Crippen LogP contribution is 2.37. The van der Waals surface area contributed by atoms with Gasteiger partial charge in [-0.1, -0.05) is 24.9 Å². The summed E-state index contributed by atoms with van der Waals surface area (Å²) in [6.07, 6.45) is 4.02. The second kappa shape index (κ2) is 5.22. The molecule has 1 saturated carbocycles. The fourth-order valence-electron chi connectivity index (χ4n) is 3.12. The summed E-state index contributed by atoms with van der Waals surface area (Å²) in [5.74, 6) is 1.29. The Morgan fingerprint density at radius 1 is 1.43 bits per heavy atom. The van der Waals surface area contributed by atoms with Gasteiger partial charge in [-0.3, -0.25) is 0 Å². The van der Waals surface area contributed by atoms with Crippen LogP contribution in [-0.4, -0.2) is 10.1 Å². The van der Waals surface area contributed by atoms with Gasteiger partial charge in [0.05, 0.1) is 5.54 Å². The number of nitrogens with two attached hydrogens (primary N) is 1. The first-order valence-corrected chi connectivity index (χ1v) is 7.37. The molecule has 0 aliphatic heterocycles. The number of hydrogen-bond donors (Lipinski definition) is 1. The van der Waals surface area contributed by atoms with Crippen LogP contribution in [0.4, 0.5) is 4.39 Å². The third-order valence-electron chi connectivity index (χ3n) is 4.31. The Morgan fingerprint density at radius 3 is 2.95 bits per heavy atom. The average molecular weight is 289 g/mol. The van der Waals surface area contributed by atoms with Crippen molar-refractivity contribution in [1.82, 2.24) is 10.1 Å². The second-order valence-corrected chi connectivity index (χ2v) is 6.24. The number of nitrogens with zero attached hydrogens (tertiary/aromatic N) is 2. The Balaban J connectivity index is 1.90. The van der Waals surface area contributed by atoms with E-state index >= 15 is 0 Å². The molecule has 1 aliphatic carbocycles. The van der Waals surface area contributed by atoms with Gasteiger partial charge in [0.1, 0.15) is 5.82 Å². The van der Waals surface area contributed by atoms with E-state index in [-0.39, 0.29) is 5.82 Å². The molecule has 1 fully saturated rings. The summed E-state index contributed by atoms with van der Waals surface area (Å²) < 4.78 is 18.7. The third-order valence-corrected chi connectivity index (χ3v) is 4.31. The standard InChI is InChI=1S/C16H20FN3O/c1-10-4-3-7-16(18,9-10)15-19-14(21-20-15)12-5-6-13(17)11(2)8-12/h5-6,8,10H,3-4,7,9,18H2,1-2H3. The molecule has 0 saturated heterocycles. The lowest BCUT2D eigenvalue weighted by Crippen LogP contribution is -2.42. The zero-order valence-corrected chi connectivity index (χ0v) is 12.4. The molecule has 4 nitrogen and oxygen atoms in total. The molecular weight excluding hydrogens is 269 g/mol. The van der Waals surface area contributed by atoms with Crippen LogP contribution in [0.2, 0.25) is 0 Å². The van der Waals surface area contributed by atoms with Crippen LogP contribution in [0.25, 0.3) is 11.5 Å². The van der Waals surface area contributed by atoms with Crippen molar-refractivity contribution in [3.8, 4) is 11.5 Å². The smallest absolute Gasteiger partial charge is 0.258 e. The van der Waals surface area contributed by atoms with Crippen molar-refractivity contribution in [3.63, 3.8) is 0 Å². The van der Waals surface area contributed by atoms with Gasteiger partial charge in [-0.05, 0) is 49.4 Å². The molecule has 0 radical (unpaired) electrons. The predicted molar refractivity (Wildman–Crippen MR) is 77.9 cm³/mol. The van der Waals surface area contributed by atoms with E-state index in [0.717, 1.165) is 24.8 Å². The van der Waals surface area contributed by atoms with Gasteiger partial charge in [0.15, 0.2) is 5.82 Å². The van der Waals surface area contributed by atoms with E-state index in [1.54, 1.807) is 19.1 Å². The Hall–Kier alpha value is -1.75. The summed E-state index contributed by atoms with van der Waals surface area (Å²) in [7, 11) is 0. The maximum Gasteiger partial charge on any atom is 0.258 e. The summed E-state index contributed by atoms with van der Waals surface area (Å²) in [5.41, 5.74) is 7.24. The molecule has 2 unspecified atom stereocenters. The van der Waals surface area contributed by atoms with Crippen LogP contribution < -0.4 is 5.73 Å². The van der Waals surface area contributed by atoms with Crippen LogP contribution in [0, 0.1) is 18.7 Å². The van der Waals surface area contributed by atoms with Gasteiger partial charge in [0.25, 0.3) is 5.89 Å². The molecule has 2 N–H and O–H groups in total. The minimum Gasteiger partial charge on any atom is -0.334 e. The van der Waals surface area contributed by atoms with Crippen molar-refractivity contribution in [2.75, 3.05) is 0 Å². The molecule has 0 spiro atoms. The number of halogens is 1. The summed E-state index contributed by atoms with van der Waals surface area (Å²) in [6.45, 7) is 3.91. The fourth-order valence-corrected chi connectivity index (χ4v) is 3.12. The monoisotopic (exact) mass is 289 g/mol. The second-order valence-electron chi connectivity index (χ2n) is 6.24. The molecule has 0 bridgehead atoms. The van der Waals surface area contributed by atoms with Gasteiger partial charge >= 0.3 is 0 Å². The van der Waals surface area contributed by atoms with Crippen LogP contribution in [0.3, 0.4) is 0 Å². The van der Waals surface area contributed by atoms with E-state index < -0.39 is 5.54 Å². The van der Waals surface area contributed by atoms with Crippen LogP contribution in [0.5, 0.6) is 0 Å². The van der Waals surface area contributed by atoms with Crippen molar-refractivity contribution in [2.24, 2.45) is 11.7 Å². The van der Waals surface area contributed by atoms with E-state index in [4.69, 9.17) is 10.3 Å². The molecule has 0 amide bonds. The Kier molecular flexibility index (Phi) is 3.53. The topological polar surface area (TPSA) is 64.9 Å². The molecule has 2 aromatic rings. The Labute approximate surface area is 123 Å². The summed E-state index contributed by atoms with van der Waals surface area (Å²) in [5, 5.41) is 4.07. The van der Waals surface area contributed by atoms with Crippen LogP contribution >= 0.6 is 0 Å². The lowest BCUT2D eigenvalue weighted by atomic mass is 9.76. The largest absolute Gasteiger partial charge is 0.334 e. The lowest BCUT2D eigenvalue weighted by Gasteiger charge is -2.33. The van der Waals surface area contributed by atoms with Crippen molar-refractivity contribution in [2.45, 2.75) is 45.1 Å². The Bertz CT molecular complexity index is 655. The molecule has 3 rings (SSSR count). The van der Waals surface area contributed by atoms with Gasteiger partial charge in [0, 0.05) is 5.56 Å². The molecule has 21 heavy (non-hydrogen) atoms. The van der Waals surface area contributed by atoms with E-state index in [0.29, 0.717) is 23.2 Å². The maximum absolute atomic E-state index is 13.3. The molecule has 1 aromatic carbocycles. The molecule has 2 atom stereocenters. The highest BCUT2D eigenvalue weighted by Gasteiger charge is 2.37. The van der Waals surface area contributed by atoms with Gasteiger partial charge < -0.3 is 10.3 Å². The quantitative estimate of drug-likeness (QED) is 0.918. The molecular formula is C16H20FN3O. The maximum atomic E-state index is 13.3. The number of aryl methyl sites for hydroxylation is 1. The predicted octanol–water partition coefficient (Wildman–Crippen LogP) is 3.55. The minimum absolute atomic E-state index is 0.241. The van der Waals surface area contributed by atoms with Gasteiger partial charge in [-0.25, -0.2) is 4.39 Å². The molecule has 5 heteroatoms. The fraction of sp³-hybridized carbons (Fsp3) is 0.500. The molecule has 1 aliphatic rings. The summed E-state index contributed by atoms with van der Waals surface area (Å²) >= 11 is 0. The van der Waals surface area contributed by atoms with Crippen LogP contribution in [0.15, 0.2) is 22.7 Å². The summed E-state index contributed by atoms with van der Waals surface area (Å²) in [6, 6.07) is 4.76. The van der Waals surface area contributed by atoms with Crippen LogP contribution in [0.1, 0.15) is 44.0 Å². The van der Waals surface area contributed by atoms with Gasteiger partial charge in [-0.15, -0.1) is 0 Å². The average Bonchev–Trinajstić information content (AvgIpc) is 2.92. The number of aromatic nitrogens is 2. The van der Waals surface area contributed by atoms with Gasteiger partial charge in [0.2, 0.25) is 0 Å². The van der Waals surface area contributed by atoms with Crippen molar-refractivity contribution in [1.29, 1.82) is 0 Å². The zero-order valence-electron chi connectivity index (χ0n) is 12.4. The minimum atomic E-state index is -0.505. The first-order chi connectivity index (χ1) is 9.98. The third kappa shape index (κ3) is 2.70. The lowest BCUT2D eigenvalue weighted by molar-refractivity contribution is 0.222. The van der Waals surface area contributed by atoms with Crippen LogP contribution in [-0.2, 0) is 5.54 Å². The van der Waals surface area contributed by atoms with Gasteiger partial charge in [-0.2, -0.15) is 4.98 Å². The normalized spacial score (nSPS) is 26.0. The highest BCUT2D eigenvalue weighted by molar-refractivity contribution is 5.54. The Morgan fingerprint density at radius 2 is 2.24 bits per heavy atom. The van der Waals surface area contributed by atoms with Crippen molar-refractivity contribution < 1.29 is 8.91 Å². The van der Waals surface area contributed by atoms with E-state index in [2.05, 4.69) is 17.1 Å². The number of benzene rings is 1. The number of hydrogen-bond acceptors (Lipinski definition) is 4. The van der Waals surface area contributed by atoms with E-state index in [9.17, 15) is 4.39 Å². The molecule has 1 heterocycles.